The lowest BCUT2D eigenvalue weighted by Gasteiger charge is -2.05. The van der Waals surface area contributed by atoms with Gasteiger partial charge in [-0.1, -0.05) is 0 Å². The Kier molecular flexibility index (Phi) is 3.15. The number of primary amides is 1. The molecule has 0 aliphatic carbocycles. The van der Waals surface area contributed by atoms with Gasteiger partial charge in [0.1, 0.15) is 0 Å². The largest absolute Gasteiger partial charge is 0.480 e. The minimum atomic E-state index is -0.546. The molecule has 2 heterocycles. The number of nitrogen functional groups attached to an aromatic ring is 1. The summed E-state index contributed by atoms with van der Waals surface area (Å²) in [5.74, 6) is 0.565. The minimum absolute atomic E-state index is 0.205. The van der Waals surface area contributed by atoms with Gasteiger partial charge in [-0.15, -0.1) is 10.2 Å². The van der Waals surface area contributed by atoms with Gasteiger partial charge in [-0.2, -0.15) is 0 Å². The third kappa shape index (κ3) is 2.48. The van der Waals surface area contributed by atoms with E-state index in [1.165, 1.54) is 0 Å². The van der Waals surface area contributed by atoms with Crippen molar-refractivity contribution >= 4 is 17.2 Å². The number of anilines is 1. The second-order valence-electron chi connectivity index (χ2n) is 4.47. The monoisotopic (exact) mass is 283 g/mol. The summed E-state index contributed by atoms with van der Waals surface area (Å²) >= 11 is 0. The molecule has 0 radical (unpaired) electrons. The van der Waals surface area contributed by atoms with Gasteiger partial charge in [-0.3, -0.25) is 9.20 Å². The van der Waals surface area contributed by atoms with Gasteiger partial charge in [0, 0.05) is 17.4 Å². The second kappa shape index (κ2) is 5.12. The number of nitrogens with two attached hydrogens (primary N) is 2. The summed E-state index contributed by atoms with van der Waals surface area (Å²) in [4.78, 5) is 10.8. The number of ether oxygens (including phenoxy) is 1. The van der Waals surface area contributed by atoms with Gasteiger partial charge in [-0.05, 0) is 36.4 Å². The van der Waals surface area contributed by atoms with Crippen LogP contribution >= 0.6 is 0 Å². The van der Waals surface area contributed by atoms with E-state index in [-0.39, 0.29) is 6.61 Å². The molecular formula is C14H13N5O2. The van der Waals surface area contributed by atoms with Crippen LogP contribution in [0.5, 0.6) is 5.75 Å². The second-order valence-corrected chi connectivity index (χ2v) is 4.47. The lowest BCUT2D eigenvalue weighted by molar-refractivity contribution is -0.119. The van der Waals surface area contributed by atoms with Gasteiger partial charge in [-0.25, -0.2) is 0 Å². The van der Waals surface area contributed by atoms with Crippen molar-refractivity contribution in [3.63, 3.8) is 0 Å². The number of hydrogen-bond donors (Lipinski definition) is 2. The van der Waals surface area contributed by atoms with E-state index in [1.807, 2.05) is 18.3 Å². The molecule has 0 fully saturated rings. The van der Waals surface area contributed by atoms with E-state index in [0.29, 0.717) is 22.9 Å². The topological polar surface area (TPSA) is 109 Å². The molecule has 7 nitrogen and oxygen atoms in total. The molecule has 1 aromatic carbocycles. The van der Waals surface area contributed by atoms with Crippen molar-refractivity contribution in [2.45, 2.75) is 0 Å². The van der Waals surface area contributed by atoms with Crippen LogP contribution in [-0.4, -0.2) is 27.1 Å². The standard InChI is InChI=1S/C14H13N5O2/c15-10-5-3-9(4-6-10)13-17-18-14-11(21-8-12(16)20)2-1-7-19(13)14/h1-7H,8,15H2,(H2,16,20). The third-order valence-electron chi connectivity index (χ3n) is 2.94. The quantitative estimate of drug-likeness (QED) is 0.690. The van der Waals surface area contributed by atoms with E-state index in [4.69, 9.17) is 16.2 Å². The fourth-order valence-corrected chi connectivity index (χ4v) is 1.98. The molecular weight excluding hydrogens is 270 g/mol. The average Bonchev–Trinajstić information content (AvgIpc) is 2.90. The highest BCUT2D eigenvalue weighted by atomic mass is 16.5. The first-order valence-electron chi connectivity index (χ1n) is 6.26. The summed E-state index contributed by atoms with van der Waals surface area (Å²) in [7, 11) is 0. The molecule has 0 unspecified atom stereocenters. The fraction of sp³-hybridized carbons (Fsp3) is 0.0714. The summed E-state index contributed by atoms with van der Waals surface area (Å²) in [6, 6.07) is 10.8. The predicted molar refractivity (Wildman–Crippen MR) is 77.5 cm³/mol. The third-order valence-corrected chi connectivity index (χ3v) is 2.94. The number of rotatable bonds is 4. The fourth-order valence-electron chi connectivity index (χ4n) is 1.98. The van der Waals surface area contributed by atoms with Crippen LogP contribution in [0.2, 0.25) is 0 Å². The van der Waals surface area contributed by atoms with Crippen LogP contribution in [-0.2, 0) is 4.79 Å². The lowest BCUT2D eigenvalue weighted by atomic mass is 10.2. The molecule has 0 aliphatic heterocycles. The molecule has 3 rings (SSSR count). The highest BCUT2D eigenvalue weighted by Crippen LogP contribution is 2.24. The first-order valence-corrected chi connectivity index (χ1v) is 6.26. The van der Waals surface area contributed by atoms with Crippen molar-refractivity contribution in [3.05, 3.63) is 42.6 Å². The average molecular weight is 283 g/mol. The van der Waals surface area contributed by atoms with Gasteiger partial charge in [0.25, 0.3) is 5.91 Å². The molecule has 21 heavy (non-hydrogen) atoms. The highest BCUT2D eigenvalue weighted by Gasteiger charge is 2.12. The van der Waals surface area contributed by atoms with E-state index in [2.05, 4.69) is 10.2 Å². The molecule has 1 amide bonds. The predicted octanol–water partition coefficient (Wildman–Crippen LogP) is 0.843. The molecule has 2 aromatic heterocycles. The lowest BCUT2D eigenvalue weighted by Crippen LogP contribution is -2.20. The van der Waals surface area contributed by atoms with Gasteiger partial charge >= 0.3 is 0 Å². The number of nitrogens with zero attached hydrogens (tertiary/aromatic N) is 3. The van der Waals surface area contributed by atoms with Crippen molar-refractivity contribution in [2.24, 2.45) is 5.73 Å². The summed E-state index contributed by atoms with van der Waals surface area (Å²) in [5, 5.41) is 8.26. The van der Waals surface area contributed by atoms with Gasteiger partial charge in [0.15, 0.2) is 18.2 Å². The smallest absolute Gasteiger partial charge is 0.255 e. The van der Waals surface area contributed by atoms with E-state index < -0.39 is 5.91 Å². The molecule has 0 saturated carbocycles. The van der Waals surface area contributed by atoms with E-state index in [9.17, 15) is 4.79 Å². The highest BCUT2D eigenvalue weighted by molar-refractivity contribution is 5.75. The molecule has 106 valence electrons. The Morgan fingerprint density at radius 3 is 2.67 bits per heavy atom. The first-order chi connectivity index (χ1) is 10.1. The van der Waals surface area contributed by atoms with Crippen molar-refractivity contribution in [2.75, 3.05) is 12.3 Å². The Hall–Kier alpha value is -3.09. The number of benzene rings is 1. The van der Waals surface area contributed by atoms with Crippen LogP contribution in [0.1, 0.15) is 0 Å². The number of carbonyl (C=O) groups is 1. The van der Waals surface area contributed by atoms with Crippen molar-refractivity contribution in [1.29, 1.82) is 0 Å². The van der Waals surface area contributed by atoms with Crippen LogP contribution in [0.15, 0.2) is 42.6 Å². The van der Waals surface area contributed by atoms with Crippen molar-refractivity contribution in [3.8, 4) is 17.1 Å². The van der Waals surface area contributed by atoms with Crippen LogP contribution in [0.3, 0.4) is 0 Å². The minimum Gasteiger partial charge on any atom is -0.480 e. The molecule has 0 aliphatic rings. The van der Waals surface area contributed by atoms with Crippen LogP contribution < -0.4 is 16.2 Å². The molecule has 7 heteroatoms. The number of pyridine rings is 1. The Balaban J connectivity index is 2.04. The summed E-state index contributed by atoms with van der Waals surface area (Å²) < 4.78 is 7.11. The molecule has 0 saturated heterocycles. The van der Waals surface area contributed by atoms with E-state index in [0.717, 1.165) is 5.56 Å². The molecule has 3 aromatic rings. The number of carbonyl (C=O) groups excluding carboxylic acids is 1. The summed E-state index contributed by atoms with van der Waals surface area (Å²) in [5.41, 5.74) is 12.8. The van der Waals surface area contributed by atoms with Crippen LogP contribution in [0.25, 0.3) is 17.0 Å². The Bertz CT molecular complexity index is 795. The molecule has 0 atom stereocenters. The van der Waals surface area contributed by atoms with E-state index in [1.54, 1.807) is 28.7 Å². The van der Waals surface area contributed by atoms with Crippen LogP contribution in [0, 0.1) is 0 Å². The maximum atomic E-state index is 10.8. The normalized spacial score (nSPS) is 10.7. The first kappa shape index (κ1) is 12.9. The maximum Gasteiger partial charge on any atom is 0.255 e. The zero-order valence-electron chi connectivity index (χ0n) is 11.1. The van der Waals surface area contributed by atoms with E-state index >= 15 is 0 Å². The summed E-state index contributed by atoms with van der Waals surface area (Å²) in [6.45, 7) is -0.205. The summed E-state index contributed by atoms with van der Waals surface area (Å²) in [6.07, 6.45) is 1.82. The van der Waals surface area contributed by atoms with Crippen molar-refractivity contribution in [1.82, 2.24) is 14.6 Å². The zero-order valence-corrected chi connectivity index (χ0v) is 11.1. The molecule has 0 bridgehead atoms. The number of aromatic nitrogens is 3. The Labute approximate surface area is 120 Å². The van der Waals surface area contributed by atoms with Crippen LogP contribution in [0.4, 0.5) is 5.69 Å². The van der Waals surface area contributed by atoms with Crippen molar-refractivity contribution < 1.29 is 9.53 Å². The number of amides is 1. The maximum absolute atomic E-state index is 10.8. The Morgan fingerprint density at radius 2 is 1.95 bits per heavy atom. The number of hydrogen-bond acceptors (Lipinski definition) is 5. The van der Waals surface area contributed by atoms with Gasteiger partial charge < -0.3 is 16.2 Å². The number of fused-ring (bicyclic) bond motifs is 1. The van der Waals surface area contributed by atoms with Gasteiger partial charge in [0.2, 0.25) is 5.65 Å². The molecule has 0 spiro atoms. The SMILES string of the molecule is NC(=O)COc1cccn2c(-c3ccc(N)cc3)nnc12. The zero-order chi connectivity index (χ0) is 14.8. The van der Waals surface area contributed by atoms with Gasteiger partial charge in [0.05, 0.1) is 0 Å². The molecule has 4 N–H and O–H groups in total. The Morgan fingerprint density at radius 1 is 1.19 bits per heavy atom.